The van der Waals surface area contributed by atoms with Gasteiger partial charge in [-0.3, -0.25) is 13.3 Å². The van der Waals surface area contributed by atoms with E-state index in [4.69, 9.17) is 33.7 Å². The Balaban J connectivity index is 1.65. The Labute approximate surface area is 231 Å². The summed E-state index contributed by atoms with van der Waals surface area (Å²) >= 11 is 9.99. The molecule has 1 amide bonds. The van der Waals surface area contributed by atoms with Gasteiger partial charge in [-0.1, -0.05) is 23.2 Å². The van der Waals surface area contributed by atoms with Gasteiger partial charge in [-0.25, -0.2) is 14.8 Å². The molecule has 0 spiro atoms. The number of carbonyl (C=O) groups is 2. The number of esters is 1. The molecule has 2 N–H and O–H groups in total. The number of nitrogens with zero attached hydrogens (tertiary/aromatic N) is 5. The van der Waals surface area contributed by atoms with Crippen molar-refractivity contribution in [2.24, 2.45) is 0 Å². The van der Waals surface area contributed by atoms with Crippen LogP contribution >= 0.6 is 23.2 Å². The third kappa shape index (κ3) is 5.35. The molecule has 4 rings (SSSR count). The quantitative estimate of drug-likeness (QED) is 0.314. The molecule has 38 heavy (non-hydrogen) atoms. The van der Waals surface area contributed by atoms with Gasteiger partial charge in [0.1, 0.15) is 23.7 Å². The second-order valence-electron chi connectivity index (χ2n) is 8.88. The Bertz CT molecular complexity index is 1420. The maximum Gasteiger partial charge on any atom is 0.328 e. The van der Waals surface area contributed by atoms with Gasteiger partial charge >= 0.3 is 5.97 Å². The van der Waals surface area contributed by atoms with Crippen LogP contribution in [0.5, 0.6) is 0 Å². The molecule has 0 radical (unpaired) electrons. The standard InChI is InChI=1S/C24H26Cl2N6O5S/c1-30(2)22-18(26)10-15(12-29-22)32(38(35)36)19-5-7-31(23(19)33)20(24(34)37-3)9-14-8-13-4-6-28-21(27)16(13)11-17(14)25/h4,6,8,10-12,19-20H,5,7,9H2,1-3H3,(H2,27,28)(H,35,36)/p-1/t19-,20+/m0/s1. The molecule has 202 valence electrons. The number of rotatable bonds is 8. The number of nitrogens with two attached hydrogens (primary N) is 1. The summed E-state index contributed by atoms with van der Waals surface area (Å²) in [7, 11) is 4.72. The number of amides is 1. The number of halogens is 2. The highest BCUT2D eigenvalue weighted by Gasteiger charge is 2.43. The fourth-order valence-electron chi connectivity index (χ4n) is 4.54. The molecule has 1 fully saturated rings. The summed E-state index contributed by atoms with van der Waals surface area (Å²) in [4.78, 5) is 37.7. The van der Waals surface area contributed by atoms with E-state index < -0.39 is 35.2 Å². The second kappa shape index (κ2) is 11.3. The molecule has 3 aromatic rings. The molecule has 2 aromatic heterocycles. The van der Waals surface area contributed by atoms with Crippen LogP contribution in [0.1, 0.15) is 12.0 Å². The van der Waals surface area contributed by atoms with Gasteiger partial charge in [0.05, 0.1) is 24.0 Å². The van der Waals surface area contributed by atoms with Crippen LogP contribution in [0, 0.1) is 0 Å². The summed E-state index contributed by atoms with van der Waals surface area (Å²) in [5, 5.41) is 2.00. The average molecular weight is 580 g/mol. The molecule has 11 nitrogen and oxygen atoms in total. The van der Waals surface area contributed by atoms with Crippen molar-refractivity contribution in [1.82, 2.24) is 14.9 Å². The van der Waals surface area contributed by atoms with Crippen molar-refractivity contribution >= 4 is 74.4 Å². The molecule has 1 aromatic carbocycles. The molecule has 1 aliphatic heterocycles. The van der Waals surface area contributed by atoms with Gasteiger partial charge in [0.25, 0.3) is 0 Å². The van der Waals surface area contributed by atoms with Gasteiger partial charge in [0.15, 0.2) is 0 Å². The third-order valence-corrected chi connectivity index (χ3v) is 7.78. The minimum absolute atomic E-state index is 0.0491. The lowest BCUT2D eigenvalue weighted by molar-refractivity contribution is -0.151. The Morgan fingerprint density at radius 2 is 2.03 bits per heavy atom. The zero-order valence-electron chi connectivity index (χ0n) is 20.8. The van der Waals surface area contributed by atoms with E-state index in [-0.39, 0.29) is 30.1 Å². The summed E-state index contributed by atoms with van der Waals surface area (Å²) in [5.74, 6) is -0.444. The number of benzene rings is 1. The first kappa shape index (κ1) is 27.8. The van der Waals surface area contributed by atoms with E-state index in [1.807, 2.05) is 0 Å². The lowest BCUT2D eigenvalue weighted by Crippen LogP contribution is -2.49. The molecular weight excluding hydrogens is 555 g/mol. The van der Waals surface area contributed by atoms with Crippen molar-refractivity contribution in [3.63, 3.8) is 0 Å². The van der Waals surface area contributed by atoms with Crippen LogP contribution in [-0.2, 0) is 32.0 Å². The van der Waals surface area contributed by atoms with Crippen molar-refractivity contribution < 1.29 is 23.1 Å². The van der Waals surface area contributed by atoms with Crippen molar-refractivity contribution in [1.29, 1.82) is 0 Å². The normalized spacial score (nSPS) is 16.9. The van der Waals surface area contributed by atoms with Crippen molar-refractivity contribution in [3.05, 3.63) is 52.3 Å². The third-order valence-electron chi connectivity index (χ3n) is 6.37. The highest BCUT2D eigenvalue weighted by atomic mass is 35.5. The van der Waals surface area contributed by atoms with Gasteiger partial charge < -0.3 is 24.8 Å². The summed E-state index contributed by atoms with van der Waals surface area (Å²) in [6.07, 6.45) is 3.08. The van der Waals surface area contributed by atoms with Gasteiger partial charge in [0, 0.05) is 54.9 Å². The SMILES string of the molecule is COC(=O)[C@@H](Cc1cc2ccnc(N)c2cc1Cl)N1CC[C@H](N(c2cnc(N(C)C)c(Cl)c2)S(=O)[O-])C1=O. The van der Waals surface area contributed by atoms with Crippen LogP contribution in [0.15, 0.2) is 36.7 Å². The first-order valence-corrected chi connectivity index (χ1v) is 13.2. The first-order chi connectivity index (χ1) is 18.0. The van der Waals surface area contributed by atoms with Gasteiger partial charge in [-0.2, -0.15) is 0 Å². The Hall–Kier alpha value is -3.19. The number of fused-ring (bicyclic) bond motifs is 1. The van der Waals surface area contributed by atoms with E-state index in [0.717, 1.165) is 9.69 Å². The number of hydrogen-bond acceptors (Lipinski definition) is 9. The van der Waals surface area contributed by atoms with Crippen molar-refractivity contribution in [2.45, 2.75) is 24.9 Å². The molecule has 1 unspecified atom stereocenters. The van der Waals surface area contributed by atoms with Crippen LogP contribution < -0.4 is 14.9 Å². The van der Waals surface area contributed by atoms with Gasteiger partial charge in [-0.15, -0.1) is 0 Å². The lowest BCUT2D eigenvalue weighted by Gasteiger charge is -2.32. The van der Waals surface area contributed by atoms with Crippen LogP contribution in [0.4, 0.5) is 17.3 Å². The highest BCUT2D eigenvalue weighted by Crippen LogP contribution is 2.33. The molecule has 0 aliphatic carbocycles. The van der Waals surface area contributed by atoms with Crippen LogP contribution in [0.3, 0.4) is 0 Å². The average Bonchev–Trinajstić information content (AvgIpc) is 3.23. The zero-order valence-corrected chi connectivity index (χ0v) is 23.1. The number of aromatic nitrogens is 2. The molecule has 3 atom stereocenters. The second-order valence-corrected chi connectivity index (χ2v) is 10.5. The highest BCUT2D eigenvalue weighted by molar-refractivity contribution is 7.80. The van der Waals surface area contributed by atoms with E-state index >= 15 is 0 Å². The zero-order chi connectivity index (χ0) is 27.7. The molecule has 1 saturated heterocycles. The summed E-state index contributed by atoms with van der Waals surface area (Å²) < 4.78 is 30.5. The molecule has 0 bridgehead atoms. The number of likely N-dealkylation sites (tertiary alicyclic amines) is 1. The minimum atomic E-state index is -2.82. The molecular formula is C24H25Cl2N6O5S-. The smallest absolute Gasteiger partial charge is 0.328 e. The monoisotopic (exact) mass is 579 g/mol. The maximum absolute atomic E-state index is 13.6. The fourth-order valence-corrected chi connectivity index (χ4v) is 5.79. The van der Waals surface area contributed by atoms with E-state index in [1.54, 1.807) is 43.4 Å². The number of pyridine rings is 2. The Morgan fingerprint density at radius 3 is 2.66 bits per heavy atom. The van der Waals surface area contributed by atoms with Crippen molar-refractivity contribution in [2.75, 3.05) is 42.7 Å². The van der Waals surface area contributed by atoms with Crippen LogP contribution in [0.2, 0.25) is 10.0 Å². The van der Waals surface area contributed by atoms with E-state index in [2.05, 4.69) is 9.97 Å². The van der Waals surface area contributed by atoms with Crippen molar-refractivity contribution in [3.8, 4) is 0 Å². The Morgan fingerprint density at radius 1 is 1.29 bits per heavy atom. The van der Waals surface area contributed by atoms with E-state index in [0.29, 0.717) is 27.6 Å². The molecule has 14 heteroatoms. The first-order valence-electron chi connectivity index (χ1n) is 11.5. The van der Waals surface area contributed by atoms with Gasteiger partial charge in [-0.05, 0) is 41.6 Å². The number of ether oxygens (including phenoxy) is 1. The fraction of sp³-hybridized carbons (Fsp3) is 0.333. The molecule has 3 heterocycles. The predicted molar refractivity (Wildman–Crippen MR) is 146 cm³/mol. The largest absolute Gasteiger partial charge is 0.755 e. The number of carbonyl (C=O) groups excluding carboxylic acids is 2. The summed E-state index contributed by atoms with van der Waals surface area (Å²) in [5.41, 5.74) is 6.67. The van der Waals surface area contributed by atoms with E-state index in [1.165, 1.54) is 24.3 Å². The number of nitrogen functional groups attached to an aromatic ring is 1. The number of hydrogen-bond donors (Lipinski definition) is 1. The maximum atomic E-state index is 13.6. The topological polar surface area (TPSA) is 145 Å². The van der Waals surface area contributed by atoms with Crippen LogP contribution in [-0.4, -0.2) is 75.3 Å². The minimum Gasteiger partial charge on any atom is -0.755 e. The molecule has 0 saturated carbocycles. The molecule has 1 aliphatic rings. The van der Waals surface area contributed by atoms with E-state index in [9.17, 15) is 18.4 Å². The van der Waals surface area contributed by atoms with Crippen LogP contribution in [0.25, 0.3) is 10.8 Å². The van der Waals surface area contributed by atoms with Gasteiger partial charge in [0.2, 0.25) is 5.91 Å². The summed E-state index contributed by atoms with van der Waals surface area (Å²) in [6.45, 7) is 0.121. The Kier molecular flexibility index (Phi) is 8.26. The predicted octanol–water partition coefficient (Wildman–Crippen LogP) is 2.57. The lowest BCUT2D eigenvalue weighted by atomic mass is 10.0. The number of methoxy groups -OCH3 is 1. The summed E-state index contributed by atoms with van der Waals surface area (Å²) in [6, 6.07) is 4.50. The number of anilines is 3.